The van der Waals surface area contributed by atoms with Gasteiger partial charge in [0.15, 0.2) is 0 Å². The third-order valence-electron chi connectivity index (χ3n) is 5.90. The number of pyridine rings is 1. The van der Waals surface area contributed by atoms with Crippen molar-refractivity contribution in [3.8, 4) is 0 Å². The van der Waals surface area contributed by atoms with Crippen molar-refractivity contribution in [2.24, 2.45) is 5.92 Å². The Hall–Kier alpha value is -1.32. The van der Waals surface area contributed by atoms with Gasteiger partial charge in [-0.1, -0.05) is 11.6 Å². The number of benzene rings is 1. The number of aromatic nitrogens is 1. The van der Waals surface area contributed by atoms with Gasteiger partial charge in [-0.15, -0.1) is 0 Å². The zero-order valence-electron chi connectivity index (χ0n) is 14.4. The van der Waals surface area contributed by atoms with Crippen LogP contribution in [0.5, 0.6) is 0 Å². The van der Waals surface area contributed by atoms with Gasteiger partial charge in [0.2, 0.25) is 0 Å². The van der Waals surface area contributed by atoms with Crippen LogP contribution < -0.4 is 4.90 Å². The van der Waals surface area contributed by atoms with Crippen LogP contribution in [0.3, 0.4) is 0 Å². The lowest BCUT2D eigenvalue weighted by molar-refractivity contribution is 0.167. The van der Waals surface area contributed by atoms with Crippen LogP contribution in [0.25, 0.3) is 10.9 Å². The van der Waals surface area contributed by atoms with Crippen molar-refractivity contribution >= 4 is 28.3 Å². The Labute approximate surface area is 149 Å². The molecule has 0 amide bonds. The molecule has 3 nitrogen and oxygen atoms in total. The number of rotatable bonds is 3. The Morgan fingerprint density at radius 1 is 1.04 bits per heavy atom. The first-order chi connectivity index (χ1) is 11.7. The summed E-state index contributed by atoms with van der Waals surface area (Å²) < 4.78 is 0. The number of nitrogens with zero attached hydrogens (tertiary/aromatic N) is 3. The monoisotopic (exact) mass is 343 g/mol. The number of fused-ring (bicyclic) bond motifs is 1. The Morgan fingerprint density at radius 2 is 1.79 bits per heavy atom. The maximum atomic E-state index is 6.06. The summed E-state index contributed by atoms with van der Waals surface area (Å²) in [5.41, 5.74) is 1.03. The highest BCUT2D eigenvalue weighted by Gasteiger charge is 2.29. The fourth-order valence-corrected chi connectivity index (χ4v) is 4.50. The van der Waals surface area contributed by atoms with Crippen LogP contribution in [0, 0.1) is 5.92 Å². The molecule has 1 aromatic heterocycles. The molecule has 1 atom stereocenters. The summed E-state index contributed by atoms with van der Waals surface area (Å²) >= 11 is 6.06. The maximum absolute atomic E-state index is 6.06. The molecule has 2 fully saturated rings. The molecule has 128 valence electrons. The number of hydrogen-bond acceptors (Lipinski definition) is 3. The standard InChI is InChI=1S/C20H26ClN3/c1-15(23-10-2-3-11-23)16-8-12-24(13-9-16)20-7-4-17-14-18(21)5-6-19(17)22-20/h4-7,14-16H,2-3,8-13H2,1H3/t15-/m1/s1. The highest BCUT2D eigenvalue weighted by atomic mass is 35.5. The Kier molecular flexibility index (Phi) is 4.64. The van der Waals surface area contributed by atoms with Gasteiger partial charge in [0.1, 0.15) is 5.82 Å². The molecule has 2 aliphatic rings. The molecular weight excluding hydrogens is 318 g/mol. The number of hydrogen-bond donors (Lipinski definition) is 0. The molecule has 1 aromatic carbocycles. The second kappa shape index (κ2) is 6.89. The second-order valence-corrected chi connectivity index (χ2v) is 7.75. The molecule has 0 aliphatic carbocycles. The SMILES string of the molecule is C[C@H](C1CCN(c2ccc3cc(Cl)ccc3n2)CC1)N1CCCC1. The molecule has 0 N–H and O–H groups in total. The summed E-state index contributed by atoms with van der Waals surface area (Å²) in [6.45, 7) is 7.28. The quantitative estimate of drug-likeness (QED) is 0.812. The zero-order chi connectivity index (χ0) is 16.5. The lowest BCUT2D eigenvalue weighted by atomic mass is 9.89. The number of piperidine rings is 1. The van der Waals surface area contributed by atoms with Crippen molar-refractivity contribution in [3.05, 3.63) is 35.4 Å². The molecule has 2 aliphatic heterocycles. The molecule has 0 bridgehead atoms. The van der Waals surface area contributed by atoms with Crippen molar-refractivity contribution in [3.63, 3.8) is 0 Å². The van der Waals surface area contributed by atoms with E-state index in [-0.39, 0.29) is 0 Å². The summed E-state index contributed by atoms with van der Waals surface area (Å²) in [5, 5.41) is 1.89. The van der Waals surface area contributed by atoms with Crippen molar-refractivity contribution in [2.75, 3.05) is 31.1 Å². The molecule has 2 aromatic rings. The third-order valence-corrected chi connectivity index (χ3v) is 6.13. The van der Waals surface area contributed by atoms with Gasteiger partial charge >= 0.3 is 0 Å². The second-order valence-electron chi connectivity index (χ2n) is 7.31. The van der Waals surface area contributed by atoms with E-state index in [0.717, 1.165) is 46.8 Å². The first-order valence-corrected chi connectivity index (χ1v) is 9.64. The Bertz CT molecular complexity index is 703. The largest absolute Gasteiger partial charge is 0.357 e. The van der Waals surface area contributed by atoms with Crippen molar-refractivity contribution in [1.29, 1.82) is 0 Å². The molecule has 0 unspecified atom stereocenters. The average molecular weight is 344 g/mol. The molecule has 4 rings (SSSR count). The van der Waals surface area contributed by atoms with Gasteiger partial charge in [-0.05, 0) is 81.9 Å². The molecular formula is C20H26ClN3. The van der Waals surface area contributed by atoms with E-state index >= 15 is 0 Å². The van der Waals surface area contributed by atoms with E-state index in [9.17, 15) is 0 Å². The van der Waals surface area contributed by atoms with Crippen LogP contribution in [0.4, 0.5) is 5.82 Å². The van der Waals surface area contributed by atoms with Gasteiger partial charge in [0.25, 0.3) is 0 Å². The summed E-state index contributed by atoms with van der Waals surface area (Å²) in [6.07, 6.45) is 5.32. The number of halogens is 1. The molecule has 0 radical (unpaired) electrons. The molecule has 24 heavy (non-hydrogen) atoms. The van der Waals surface area contributed by atoms with Gasteiger partial charge in [0, 0.05) is 29.5 Å². The number of likely N-dealkylation sites (tertiary alicyclic amines) is 1. The molecule has 2 saturated heterocycles. The van der Waals surface area contributed by atoms with Gasteiger partial charge in [-0.2, -0.15) is 0 Å². The predicted molar refractivity (Wildman–Crippen MR) is 102 cm³/mol. The van der Waals surface area contributed by atoms with Crippen LogP contribution in [0.15, 0.2) is 30.3 Å². The molecule has 0 spiro atoms. The van der Waals surface area contributed by atoms with E-state index < -0.39 is 0 Å². The normalized spacial score (nSPS) is 21.5. The summed E-state index contributed by atoms with van der Waals surface area (Å²) in [7, 11) is 0. The van der Waals surface area contributed by atoms with E-state index in [1.165, 1.54) is 38.8 Å². The van der Waals surface area contributed by atoms with Gasteiger partial charge in [-0.3, -0.25) is 0 Å². The van der Waals surface area contributed by atoms with Crippen molar-refractivity contribution < 1.29 is 0 Å². The van der Waals surface area contributed by atoms with Gasteiger partial charge < -0.3 is 9.80 Å². The topological polar surface area (TPSA) is 19.4 Å². The molecule has 3 heterocycles. The smallest absolute Gasteiger partial charge is 0.129 e. The minimum Gasteiger partial charge on any atom is -0.357 e. The average Bonchev–Trinajstić information content (AvgIpc) is 3.15. The van der Waals surface area contributed by atoms with E-state index in [2.05, 4.69) is 28.9 Å². The van der Waals surface area contributed by atoms with E-state index in [0.29, 0.717) is 0 Å². The van der Waals surface area contributed by atoms with Crippen LogP contribution in [-0.4, -0.2) is 42.1 Å². The Balaban J connectivity index is 1.42. The lowest BCUT2D eigenvalue weighted by Crippen LogP contribution is -2.43. The van der Waals surface area contributed by atoms with Gasteiger partial charge in [-0.25, -0.2) is 4.98 Å². The van der Waals surface area contributed by atoms with Crippen molar-refractivity contribution in [1.82, 2.24) is 9.88 Å². The first kappa shape index (κ1) is 16.2. The minimum atomic E-state index is 0.737. The van der Waals surface area contributed by atoms with E-state index in [1.807, 2.05) is 18.2 Å². The van der Waals surface area contributed by atoms with Gasteiger partial charge in [0.05, 0.1) is 5.52 Å². The highest BCUT2D eigenvalue weighted by Crippen LogP contribution is 2.29. The fraction of sp³-hybridized carbons (Fsp3) is 0.550. The highest BCUT2D eigenvalue weighted by molar-refractivity contribution is 6.31. The van der Waals surface area contributed by atoms with Crippen LogP contribution >= 0.6 is 11.6 Å². The van der Waals surface area contributed by atoms with Crippen LogP contribution in [0.1, 0.15) is 32.6 Å². The molecule has 0 saturated carbocycles. The molecule has 4 heteroatoms. The predicted octanol–water partition coefficient (Wildman–Crippen LogP) is 4.59. The van der Waals surface area contributed by atoms with E-state index in [1.54, 1.807) is 0 Å². The maximum Gasteiger partial charge on any atom is 0.129 e. The Morgan fingerprint density at radius 3 is 2.54 bits per heavy atom. The summed E-state index contributed by atoms with van der Waals surface area (Å²) in [4.78, 5) is 9.98. The van der Waals surface area contributed by atoms with Crippen LogP contribution in [-0.2, 0) is 0 Å². The first-order valence-electron chi connectivity index (χ1n) is 9.26. The zero-order valence-corrected chi connectivity index (χ0v) is 15.2. The summed E-state index contributed by atoms with van der Waals surface area (Å²) in [6, 6.07) is 10.9. The number of anilines is 1. The van der Waals surface area contributed by atoms with Crippen molar-refractivity contribution in [2.45, 2.75) is 38.6 Å². The summed E-state index contributed by atoms with van der Waals surface area (Å²) in [5.74, 6) is 1.94. The lowest BCUT2D eigenvalue weighted by Gasteiger charge is -2.38. The van der Waals surface area contributed by atoms with E-state index in [4.69, 9.17) is 16.6 Å². The minimum absolute atomic E-state index is 0.737. The third kappa shape index (κ3) is 3.25. The fourth-order valence-electron chi connectivity index (χ4n) is 4.32. The van der Waals surface area contributed by atoms with Crippen LogP contribution in [0.2, 0.25) is 5.02 Å².